The third-order valence-corrected chi connectivity index (χ3v) is 5.55. The largest absolute Gasteiger partial charge is 0.376 e. The van der Waals surface area contributed by atoms with Crippen LogP contribution in [-0.2, 0) is 4.74 Å². The molecule has 162 valence electrons. The molecule has 0 spiro atoms. The van der Waals surface area contributed by atoms with Crippen LogP contribution >= 0.6 is 11.6 Å². The summed E-state index contributed by atoms with van der Waals surface area (Å²) in [4.78, 5) is 15.0. The van der Waals surface area contributed by atoms with Gasteiger partial charge in [-0.3, -0.25) is 9.69 Å². The first-order valence-corrected chi connectivity index (χ1v) is 10.3. The minimum Gasteiger partial charge on any atom is -0.376 e. The van der Waals surface area contributed by atoms with Gasteiger partial charge in [0.2, 0.25) is 0 Å². The molecule has 2 atom stereocenters. The summed E-state index contributed by atoms with van der Waals surface area (Å²) >= 11 is 6.36. The van der Waals surface area contributed by atoms with Crippen LogP contribution in [0.3, 0.4) is 0 Å². The van der Waals surface area contributed by atoms with Crippen molar-refractivity contribution in [1.82, 2.24) is 30.4 Å². The number of tetrazole rings is 1. The molecule has 3 aromatic rings. The van der Waals surface area contributed by atoms with Gasteiger partial charge >= 0.3 is 0 Å². The first-order chi connectivity index (χ1) is 15.0. The highest BCUT2D eigenvalue weighted by Crippen LogP contribution is 2.31. The fraction of sp³-hybridized carbons (Fsp3) is 0.333. The molecule has 1 amide bonds. The van der Waals surface area contributed by atoms with Crippen molar-refractivity contribution in [3.63, 3.8) is 0 Å². The van der Waals surface area contributed by atoms with Crippen LogP contribution in [0.4, 0.5) is 4.39 Å². The molecule has 2 heterocycles. The van der Waals surface area contributed by atoms with Gasteiger partial charge in [-0.25, -0.2) is 9.07 Å². The van der Waals surface area contributed by atoms with Crippen LogP contribution in [0.15, 0.2) is 48.8 Å². The van der Waals surface area contributed by atoms with Gasteiger partial charge in [-0.2, -0.15) is 0 Å². The summed E-state index contributed by atoms with van der Waals surface area (Å²) in [6, 6.07) is 11.1. The first kappa shape index (κ1) is 21.4. The second-order valence-corrected chi connectivity index (χ2v) is 7.75. The number of benzene rings is 2. The van der Waals surface area contributed by atoms with E-state index in [1.807, 2.05) is 6.92 Å². The molecular formula is C21H22ClFN6O2. The number of halogens is 2. The van der Waals surface area contributed by atoms with E-state index in [-0.39, 0.29) is 18.6 Å². The standard InChI is InChI=1S/C21H22ClFN6O2/c1-14-12-28(8-9-31-14)19(20-17(22)6-3-7-18(20)23)11-24-21(30)15-4-2-5-16(10-15)29-13-25-26-27-29/h2-7,10,13-14,19H,8-9,11-12H2,1H3,(H,24,30). The van der Waals surface area contributed by atoms with Gasteiger partial charge in [-0.05, 0) is 47.7 Å². The fourth-order valence-electron chi connectivity index (χ4n) is 3.73. The van der Waals surface area contributed by atoms with Gasteiger partial charge < -0.3 is 10.1 Å². The highest BCUT2D eigenvalue weighted by atomic mass is 35.5. The van der Waals surface area contributed by atoms with E-state index in [0.29, 0.717) is 41.5 Å². The molecule has 1 saturated heterocycles. The van der Waals surface area contributed by atoms with E-state index in [1.165, 1.54) is 17.1 Å². The van der Waals surface area contributed by atoms with E-state index in [4.69, 9.17) is 16.3 Å². The molecule has 0 saturated carbocycles. The zero-order valence-corrected chi connectivity index (χ0v) is 17.7. The lowest BCUT2D eigenvalue weighted by atomic mass is 10.0. The predicted octanol–water partition coefficient (Wildman–Crippen LogP) is 2.65. The number of carbonyl (C=O) groups is 1. The summed E-state index contributed by atoms with van der Waals surface area (Å²) in [7, 11) is 0. The van der Waals surface area contributed by atoms with Crippen molar-refractivity contribution >= 4 is 17.5 Å². The van der Waals surface area contributed by atoms with Crippen molar-refractivity contribution in [3.05, 3.63) is 70.8 Å². The van der Waals surface area contributed by atoms with Crippen LogP contribution in [0.1, 0.15) is 28.9 Å². The van der Waals surface area contributed by atoms with Gasteiger partial charge in [0, 0.05) is 35.8 Å². The Balaban J connectivity index is 1.55. The number of amides is 1. The summed E-state index contributed by atoms with van der Waals surface area (Å²) in [5, 5.41) is 14.3. The number of morpholine rings is 1. The Hall–Kier alpha value is -2.88. The molecule has 1 N–H and O–H groups in total. The molecule has 4 rings (SSSR count). The van der Waals surface area contributed by atoms with Crippen LogP contribution in [0.25, 0.3) is 5.69 Å². The molecule has 8 nitrogen and oxygen atoms in total. The van der Waals surface area contributed by atoms with E-state index in [1.54, 1.807) is 36.4 Å². The van der Waals surface area contributed by atoms with Crippen LogP contribution in [0.2, 0.25) is 5.02 Å². The Bertz CT molecular complexity index is 1030. The lowest BCUT2D eigenvalue weighted by Gasteiger charge is -2.38. The van der Waals surface area contributed by atoms with Gasteiger partial charge in [0.05, 0.1) is 24.4 Å². The minimum absolute atomic E-state index is 0.00507. The molecule has 2 unspecified atom stereocenters. The van der Waals surface area contributed by atoms with E-state index in [2.05, 4.69) is 25.7 Å². The molecule has 1 aromatic heterocycles. The van der Waals surface area contributed by atoms with Gasteiger partial charge in [0.1, 0.15) is 12.1 Å². The number of rotatable bonds is 6. The Morgan fingerprint density at radius 3 is 2.94 bits per heavy atom. The summed E-state index contributed by atoms with van der Waals surface area (Å²) in [5.74, 6) is -0.680. The number of hydrogen-bond acceptors (Lipinski definition) is 6. The molecule has 1 fully saturated rings. The maximum Gasteiger partial charge on any atom is 0.251 e. The maximum atomic E-state index is 14.7. The third kappa shape index (κ3) is 4.90. The van der Waals surface area contributed by atoms with E-state index < -0.39 is 11.9 Å². The lowest BCUT2D eigenvalue weighted by molar-refractivity contribution is -0.0346. The maximum absolute atomic E-state index is 14.7. The summed E-state index contributed by atoms with van der Waals surface area (Å²) < 4.78 is 21.8. The number of carbonyl (C=O) groups excluding carboxylic acids is 1. The number of nitrogens with zero attached hydrogens (tertiary/aromatic N) is 5. The van der Waals surface area contributed by atoms with Gasteiger partial charge in [0.25, 0.3) is 5.91 Å². The molecule has 1 aliphatic heterocycles. The van der Waals surface area contributed by atoms with Crippen molar-refractivity contribution in [3.8, 4) is 5.69 Å². The first-order valence-electron chi connectivity index (χ1n) is 9.94. The molecule has 31 heavy (non-hydrogen) atoms. The van der Waals surface area contributed by atoms with Crippen LogP contribution < -0.4 is 5.32 Å². The number of aromatic nitrogens is 4. The fourth-order valence-corrected chi connectivity index (χ4v) is 4.02. The Morgan fingerprint density at radius 2 is 2.19 bits per heavy atom. The molecule has 0 bridgehead atoms. The Morgan fingerprint density at radius 1 is 1.35 bits per heavy atom. The molecule has 1 aliphatic rings. The monoisotopic (exact) mass is 444 g/mol. The van der Waals surface area contributed by atoms with Crippen LogP contribution in [0.5, 0.6) is 0 Å². The zero-order chi connectivity index (χ0) is 21.8. The second kappa shape index (κ2) is 9.51. The quantitative estimate of drug-likeness (QED) is 0.629. The minimum atomic E-state index is -0.424. The molecular weight excluding hydrogens is 423 g/mol. The van der Waals surface area contributed by atoms with Crippen LogP contribution in [0, 0.1) is 5.82 Å². The smallest absolute Gasteiger partial charge is 0.251 e. The van der Waals surface area contributed by atoms with Crippen molar-refractivity contribution in [1.29, 1.82) is 0 Å². The van der Waals surface area contributed by atoms with Crippen molar-refractivity contribution in [2.45, 2.75) is 19.1 Å². The van der Waals surface area contributed by atoms with Crippen molar-refractivity contribution < 1.29 is 13.9 Å². The van der Waals surface area contributed by atoms with Gasteiger partial charge in [-0.1, -0.05) is 23.7 Å². The summed E-state index contributed by atoms with van der Waals surface area (Å²) in [5.41, 5.74) is 1.48. The molecule has 10 heteroatoms. The highest BCUT2D eigenvalue weighted by molar-refractivity contribution is 6.31. The summed E-state index contributed by atoms with van der Waals surface area (Å²) in [6.07, 6.45) is 1.46. The number of ether oxygens (including phenoxy) is 1. The number of hydrogen-bond donors (Lipinski definition) is 1. The van der Waals surface area contributed by atoms with E-state index in [0.717, 1.165) is 0 Å². The molecule has 2 aromatic carbocycles. The summed E-state index contributed by atoms with van der Waals surface area (Å²) in [6.45, 7) is 3.92. The predicted molar refractivity (Wildman–Crippen MR) is 113 cm³/mol. The van der Waals surface area contributed by atoms with Crippen LogP contribution in [-0.4, -0.2) is 63.4 Å². The zero-order valence-electron chi connectivity index (χ0n) is 16.9. The normalized spacial score (nSPS) is 18.0. The van der Waals surface area contributed by atoms with Crippen molar-refractivity contribution in [2.24, 2.45) is 0 Å². The SMILES string of the molecule is CC1CN(C(CNC(=O)c2cccc(-n3cnnn3)c2)c2c(F)cccc2Cl)CCO1. The second-order valence-electron chi connectivity index (χ2n) is 7.34. The van der Waals surface area contributed by atoms with Crippen molar-refractivity contribution in [2.75, 3.05) is 26.2 Å². The molecule has 0 aliphatic carbocycles. The average Bonchev–Trinajstić information content (AvgIpc) is 3.31. The lowest BCUT2D eigenvalue weighted by Crippen LogP contribution is -2.47. The number of nitrogens with one attached hydrogen (secondary N) is 1. The topological polar surface area (TPSA) is 85.2 Å². The third-order valence-electron chi connectivity index (χ3n) is 5.22. The molecule has 0 radical (unpaired) electrons. The van der Waals surface area contributed by atoms with Gasteiger partial charge in [0.15, 0.2) is 0 Å². The average molecular weight is 445 g/mol. The highest BCUT2D eigenvalue weighted by Gasteiger charge is 2.29. The van der Waals surface area contributed by atoms with E-state index >= 15 is 0 Å². The van der Waals surface area contributed by atoms with E-state index in [9.17, 15) is 9.18 Å². The van der Waals surface area contributed by atoms with Gasteiger partial charge in [-0.15, -0.1) is 5.10 Å². The Labute approximate surface area is 183 Å². The Kier molecular flexibility index (Phi) is 6.55.